The maximum absolute atomic E-state index is 11.6. The first-order valence-electron chi connectivity index (χ1n) is 7.25. The van der Waals surface area contributed by atoms with Crippen LogP contribution in [0, 0.1) is 0 Å². The van der Waals surface area contributed by atoms with Crippen molar-refractivity contribution in [3.8, 4) is 0 Å². The highest BCUT2D eigenvalue weighted by atomic mass is 16.7. The zero-order valence-corrected chi connectivity index (χ0v) is 14.5. The number of carbonyl (C=O) groups is 1. The molecule has 0 aliphatic carbocycles. The van der Waals surface area contributed by atoms with Crippen LogP contribution in [0.4, 0.5) is 10.5 Å². The topological polar surface area (TPSA) is 91.3 Å². The van der Waals surface area contributed by atoms with Gasteiger partial charge < -0.3 is 20.1 Å². The Morgan fingerprint density at radius 1 is 1.22 bits per heavy atom. The Morgan fingerprint density at radius 3 is 2.17 bits per heavy atom. The molecule has 0 unspecified atom stereocenters. The first kappa shape index (κ1) is 19.4. The van der Waals surface area contributed by atoms with Gasteiger partial charge >= 0.3 is 13.1 Å². The van der Waals surface area contributed by atoms with Crippen molar-refractivity contribution in [2.24, 2.45) is 0 Å². The number of nitrogens with one attached hydrogen (secondary N) is 1. The molecule has 0 aliphatic rings. The number of nitrogens with zero attached hydrogens (tertiary/aromatic N) is 1. The molecule has 0 fully saturated rings. The van der Waals surface area contributed by atoms with Crippen molar-refractivity contribution in [2.45, 2.75) is 38.9 Å². The second kappa shape index (κ2) is 7.31. The zero-order valence-electron chi connectivity index (χ0n) is 14.5. The lowest BCUT2D eigenvalue weighted by Gasteiger charge is -2.38. The van der Waals surface area contributed by atoms with Gasteiger partial charge in [-0.1, -0.05) is 12.1 Å². The smallest absolute Gasteiger partial charge is 0.423 e. The predicted molar refractivity (Wildman–Crippen MR) is 89.3 cm³/mol. The van der Waals surface area contributed by atoms with Crippen LogP contribution in [0.15, 0.2) is 24.3 Å². The number of anilines is 1. The van der Waals surface area contributed by atoms with Crippen LogP contribution < -0.4 is 10.8 Å². The number of hydrogen-bond acceptors (Lipinski definition) is 5. The predicted octanol–water partition coefficient (Wildman–Crippen LogP) is 0.965. The lowest BCUT2D eigenvalue weighted by Crippen LogP contribution is -2.53. The normalized spacial score (nSPS) is 12.0. The monoisotopic (exact) mass is 324 g/mol. The Morgan fingerprint density at radius 2 is 1.74 bits per heavy atom. The highest BCUT2D eigenvalue weighted by molar-refractivity contribution is 6.60. The molecule has 0 bridgehead atoms. The van der Waals surface area contributed by atoms with Crippen molar-refractivity contribution < 1.29 is 24.4 Å². The van der Waals surface area contributed by atoms with Gasteiger partial charge in [-0.25, -0.2) is 9.86 Å². The first-order chi connectivity index (χ1) is 10.5. The quantitative estimate of drug-likeness (QED) is 0.536. The molecule has 1 aromatic rings. The summed E-state index contributed by atoms with van der Waals surface area (Å²) in [6.45, 7) is 6.63. The van der Waals surface area contributed by atoms with Crippen LogP contribution in [0.2, 0.25) is 0 Å². The van der Waals surface area contributed by atoms with E-state index in [9.17, 15) is 14.9 Å². The summed E-state index contributed by atoms with van der Waals surface area (Å²) in [5, 5.41) is 23.9. The maximum Gasteiger partial charge on any atom is 0.491 e. The molecular weight excluding hydrogens is 299 g/mol. The van der Waals surface area contributed by atoms with Gasteiger partial charge in [-0.2, -0.15) is 0 Å². The Labute approximate surface area is 137 Å². The van der Waals surface area contributed by atoms with Crippen molar-refractivity contribution in [3.63, 3.8) is 0 Å². The molecule has 0 aliphatic heterocycles. The molecule has 3 N–H and O–H groups in total. The molecule has 128 valence electrons. The highest BCUT2D eigenvalue weighted by Crippen LogP contribution is 2.25. The Kier molecular flexibility index (Phi) is 6.18. The fourth-order valence-corrected chi connectivity index (χ4v) is 1.51. The fraction of sp³-hybridized carbons (Fsp3) is 0.533. The highest BCUT2D eigenvalue weighted by Gasteiger charge is 2.39. The summed E-state index contributed by atoms with van der Waals surface area (Å²) in [4.78, 5) is 16.4. The molecule has 0 aromatic heterocycles. The van der Waals surface area contributed by atoms with Crippen LogP contribution in [0.1, 0.15) is 27.7 Å². The summed E-state index contributed by atoms with van der Waals surface area (Å²) in [7, 11) is 1.68. The lowest BCUT2D eigenvalue weighted by molar-refractivity contribution is -0.0982. The minimum absolute atomic E-state index is 0.416. The summed E-state index contributed by atoms with van der Waals surface area (Å²) >= 11 is 0. The van der Waals surface area contributed by atoms with Gasteiger partial charge in [0.2, 0.25) is 0 Å². The largest absolute Gasteiger partial charge is 0.491 e. The van der Waals surface area contributed by atoms with E-state index in [1.165, 1.54) is 14.2 Å². The lowest BCUT2D eigenvalue weighted by atomic mass is 9.76. The van der Waals surface area contributed by atoms with E-state index in [2.05, 4.69) is 5.32 Å². The van der Waals surface area contributed by atoms with E-state index < -0.39 is 24.4 Å². The molecule has 8 heteroatoms. The van der Waals surface area contributed by atoms with Gasteiger partial charge in [0, 0.05) is 12.7 Å². The van der Waals surface area contributed by atoms with Crippen LogP contribution in [0.25, 0.3) is 0 Å². The van der Waals surface area contributed by atoms with Crippen molar-refractivity contribution >= 4 is 24.3 Å². The minimum atomic E-state index is -1.19. The summed E-state index contributed by atoms with van der Waals surface area (Å²) in [6.07, 6.45) is 0. The van der Waals surface area contributed by atoms with Crippen LogP contribution in [0.3, 0.4) is 0 Å². The fourth-order valence-electron chi connectivity index (χ4n) is 1.51. The molecule has 0 radical (unpaired) electrons. The number of carbonyl (C=O) groups excluding carboxylic acids is 1. The average molecular weight is 324 g/mol. The third-order valence-electron chi connectivity index (χ3n) is 3.89. The van der Waals surface area contributed by atoms with Crippen LogP contribution in [-0.2, 0) is 9.49 Å². The SMILES string of the molecule is CON(C)C(=O)Nc1ccc(B(O)OC(C)(C)C(C)(C)O)cc1. The van der Waals surface area contributed by atoms with Crippen molar-refractivity contribution in [1.29, 1.82) is 0 Å². The Bertz CT molecular complexity index is 528. The summed E-state index contributed by atoms with van der Waals surface area (Å²) in [5.41, 5.74) is -0.996. The molecule has 1 aromatic carbocycles. The standard InChI is InChI=1S/C15H25BN2O5/c1-14(2,20)15(3,4)23-16(21)11-7-9-12(10-8-11)17-13(19)18(5)22-6/h7-10,20-21H,1-6H3,(H,17,19). The second-order valence-electron chi connectivity index (χ2n) is 6.27. The summed E-state index contributed by atoms with van der Waals surface area (Å²) < 4.78 is 5.55. The third-order valence-corrected chi connectivity index (χ3v) is 3.89. The van der Waals surface area contributed by atoms with E-state index in [-0.39, 0.29) is 0 Å². The van der Waals surface area contributed by atoms with Crippen molar-refractivity contribution in [3.05, 3.63) is 24.3 Å². The third kappa shape index (κ3) is 5.21. The molecule has 23 heavy (non-hydrogen) atoms. The molecule has 0 atom stereocenters. The van der Waals surface area contributed by atoms with Crippen LogP contribution in [0.5, 0.6) is 0 Å². The van der Waals surface area contributed by atoms with Crippen LogP contribution in [-0.4, -0.2) is 53.7 Å². The zero-order chi connectivity index (χ0) is 17.8. The molecule has 1 rings (SSSR count). The molecule has 0 saturated carbocycles. The van der Waals surface area contributed by atoms with E-state index in [1.54, 1.807) is 52.0 Å². The van der Waals surface area contributed by atoms with Gasteiger partial charge in [0.15, 0.2) is 0 Å². The van der Waals surface area contributed by atoms with E-state index in [1.807, 2.05) is 0 Å². The molecule has 0 saturated heterocycles. The van der Waals surface area contributed by atoms with E-state index >= 15 is 0 Å². The van der Waals surface area contributed by atoms with Gasteiger partial charge in [-0.05, 0) is 45.3 Å². The molecule has 0 spiro atoms. The van der Waals surface area contributed by atoms with Crippen molar-refractivity contribution in [2.75, 3.05) is 19.5 Å². The number of hydroxylamine groups is 2. The molecule has 7 nitrogen and oxygen atoms in total. The maximum atomic E-state index is 11.6. The number of hydrogen-bond donors (Lipinski definition) is 3. The average Bonchev–Trinajstić information content (AvgIpc) is 2.45. The Hall–Kier alpha value is -1.61. The van der Waals surface area contributed by atoms with E-state index in [0.29, 0.717) is 11.2 Å². The van der Waals surface area contributed by atoms with E-state index in [4.69, 9.17) is 9.49 Å². The minimum Gasteiger partial charge on any atom is -0.423 e. The summed E-state index contributed by atoms with van der Waals surface area (Å²) in [5.74, 6) is 0. The van der Waals surface area contributed by atoms with Crippen LogP contribution >= 0.6 is 0 Å². The first-order valence-corrected chi connectivity index (χ1v) is 7.25. The van der Waals surface area contributed by atoms with Gasteiger partial charge in [-0.3, -0.25) is 4.84 Å². The molecule has 2 amide bonds. The van der Waals surface area contributed by atoms with Gasteiger partial charge in [-0.15, -0.1) is 0 Å². The number of urea groups is 1. The number of amides is 2. The number of benzene rings is 1. The molecule has 0 heterocycles. The van der Waals surface area contributed by atoms with Crippen molar-refractivity contribution in [1.82, 2.24) is 5.06 Å². The van der Waals surface area contributed by atoms with Gasteiger partial charge in [0.25, 0.3) is 0 Å². The Balaban J connectivity index is 2.75. The number of rotatable bonds is 6. The van der Waals surface area contributed by atoms with Gasteiger partial charge in [0.05, 0.1) is 18.3 Å². The van der Waals surface area contributed by atoms with Gasteiger partial charge in [0.1, 0.15) is 0 Å². The number of aliphatic hydroxyl groups is 1. The van der Waals surface area contributed by atoms with E-state index in [0.717, 1.165) is 5.06 Å². The second-order valence-corrected chi connectivity index (χ2v) is 6.27. The summed E-state index contributed by atoms with van der Waals surface area (Å²) in [6, 6.07) is 6.13. The molecular formula is C15H25BN2O5.